The molecule has 1 fully saturated rings. The number of likely N-dealkylation sites (tertiary alicyclic amines) is 1. The zero-order valence-corrected chi connectivity index (χ0v) is 13.9. The van der Waals surface area contributed by atoms with Gasteiger partial charge in [0.05, 0.1) is 5.92 Å². The highest BCUT2D eigenvalue weighted by molar-refractivity contribution is 5.85. The Labute approximate surface area is 129 Å². The van der Waals surface area contributed by atoms with Crippen LogP contribution >= 0.6 is 12.4 Å². The van der Waals surface area contributed by atoms with Gasteiger partial charge in [-0.1, -0.05) is 18.6 Å². The van der Waals surface area contributed by atoms with Crippen LogP contribution < -0.4 is 0 Å². The molecule has 0 aromatic heterocycles. The minimum absolute atomic E-state index is 0. The molecule has 0 radical (unpaired) electrons. The topological polar surface area (TPSA) is 23.6 Å². The molecule has 0 aromatic rings. The van der Waals surface area contributed by atoms with Crippen molar-refractivity contribution < 1.29 is 4.79 Å². The van der Waals surface area contributed by atoms with E-state index in [0.29, 0.717) is 6.04 Å². The van der Waals surface area contributed by atoms with Crippen LogP contribution in [0.3, 0.4) is 0 Å². The molecule has 0 aromatic carbocycles. The summed E-state index contributed by atoms with van der Waals surface area (Å²) >= 11 is 0. The quantitative estimate of drug-likeness (QED) is 0.799. The smallest absolute Gasteiger partial charge is 0.233 e. The molecular formula is C16H27ClN2O. The lowest BCUT2D eigenvalue weighted by Gasteiger charge is -2.31. The van der Waals surface area contributed by atoms with Gasteiger partial charge in [-0.3, -0.25) is 9.69 Å². The lowest BCUT2D eigenvalue weighted by molar-refractivity contribution is -0.132. The summed E-state index contributed by atoms with van der Waals surface area (Å²) in [6.45, 7) is 11.5. The summed E-state index contributed by atoms with van der Waals surface area (Å²) in [5, 5.41) is 0. The van der Waals surface area contributed by atoms with Crippen LogP contribution in [0.15, 0.2) is 23.4 Å². The molecule has 0 saturated carbocycles. The molecule has 0 spiro atoms. The minimum Gasteiger partial charge on any atom is -0.314 e. The van der Waals surface area contributed by atoms with Crippen molar-refractivity contribution in [2.75, 3.05) is 19.6 Å². The minimum atomic E-state index is -0.0144. The third kappa shape index (κ3) is 3.86. The van der Waals surface area contributed by atoms with Crippen LogP contribution in [0.1, 0.15) is 40.5 Å². The van der Waals surface area contributed by atoms with Gasteiger partial charge in [0, 0.05) is 18.3 Å². The second-order valence-corrected chi connectivity index (χ2v) is 6.03. The van der Waals surface area contributed by atoms with Crippen LogP contribution in [0.25, 0.3) is 0 Å². The van der Waals surface area contributed by atoms with Crippen molar-refractivity contribution in [2.45, 2.75) is 46.6 Å². The van der Waals surface area contributed by atoms with Gasteiger partial charge in [0.1, 0.15) is 0 Å². The van der Waals surface area contributed by atoms with Crippen molar-refractivity contribution >= 4 is 18.3 Å². The van der Waals surface area contributed by atoms with E-state index in [1.807, 2.05) is 18.7 Å². The van der Waals surface area contributed by atoms with E-state index in [1.165, 1.54) is 31.5 Å². The number of hydrogen-bond acceptors (Lipinski definition) is 2. The molecule has 3 nitrogen and oxygen atoms in total. The molecule has 0 aliphatic carbocycles. The summed E-state index contributed by atoms with van der Waals surface area (Å²) < 4.78 is 0. The molecule has 20 heavy (non-hydrogen) atoms. The van der Waals surface area contributed by atoms with Gasteiger partial charge in [-0.15, -0.1) is 12.4 Å². The molecule has 2 aliphatic heterocycles. The third-order valence-electron chi connectivity index (χ3n) is 4.24. The molecule has 1 saturated heterocycles. The molecule has 114 valence electrons. The average Bonchev–Trinajstić information content (AvgIpc) is 2.85. The summed E-state index contributed by atoms with van der Waals surface area (Å²) in [6.07, 6.45) is 6.78. The number of halogens is 1. The summed E-state index contributed by atoms with van der Waals surface area (Å²) in [7, 11) is 0. The Morgan fingerprint density at radius 1 is 1.30 bits per heavy atom. The fourth-order valence-corrected chi connectivity index (χ4v) is 3.14. The van der Waals surface area contributed by atoms with E-state index in [9.17, 15) is 4.79 Å². The van der Waals surface area contributed by atoms with E-state index in [4.69, 9.17) is 0 Å². The zero-order valence-electron chi connectivity index (χ0n) is 13.1. The molecule has 1 amide bonds. The van der Waals surface area contributed by atoms with E-state index in [0.717, 1.165) is 12.2 Å². The predicted octanol–water partition coefficient (Wildman–Crippen LogP) is 3.22. The Kier molecular flexibility index (Phi) is 6.28. The highest BCUT2D eigenvalue weighted by Gasteiger charge is 2.27. The molecule has 2 unspecified atom stereocenters. The first-order valence-electron chi connectivity index (χ1n) is 7.41. The predicted molar refractivity (Wildman–Crippen MR) is 85.9 cm³/mol. The number of allylic oxidation sites excluding steroid dienone is 3. The largest absolute Gasteiger partial charge is 0.314 e. The number of hydrogen-bond donors (Lipinski definition) is 0. The summed E-state index contributed by atoms with van der Waals surface area (Å²) in [6, 6.07) is 0.445. The van der Waals surface area contributed by atoms with Gasteiger partial charge < -0.3 is 4.90 Å². The normalized spacial score (nSPS) is 25.7. The summed E-state index contributed by atoms with van der Waals surface area (Å²) in [5.41, 5.74) is 2.27. The van der Waals surface area contributed by atoms with E-state index >= 15 is 0 Å². The van der Waals surface area contributed by atoms with Crippen LogP contribution in [-0.2, 0) is 4.79 Å². The first-order chi connectivity index (χ1) is 8.99. The number of rotatable bonds is 3. The number of amides is 1. The molecule has 2 aliphatic rings. The maximum Gasteiger partial charge on any atom is 0.233 e. The number of carbonyl (C=O) groups is 1. The fraction of sp³-hybridized carbons (Fsp3) is 0.688. The van der Waals surface area contributed by atoms with E-state index in [1.54, 1.807) is 0 Å². The lowest BCUT2D eigenvalue weighted by atomic mass is 10.1. The number of nitrogens with zero attached hydrogens (tertiary/aromatic N) is 2. The van der Waals surface area contributed by atoms with Crippen LogP contribution in [0.5, 0.6) is 0 Å². The van der Waals surface area contributed by atoms with Gasteiger partial charge in [0.25, 0.3) is 0 Å². The van der Waals surface area contributed by atoms with Gasteiger partial charge >= 0.3 is 0 Å². The molecule has 4 heteroatoms. The Morgan fingerprint density at radius 3 is 2.50 bits per heavy atom. The van der Waals surface area contributed by atoms with Crippen LogP contribution in [0.4, 0.5) is 0 Å². The van der Waals surface area contributed by atoms with Gasteiger partial charge in [-0.25, -0.2) is 0 Å². The van der Waals surface area contributed by atoms with Crippen molar-refractivity contribution in [2.24, 2.45) is 5.92 Å². The molecule has 2 atom stereocenters. The highest BCUT2D eigenvalue weighted by Crippen LogP contribution is 2.21. The van der Waals surface area contributed by atoms with Crippen molar-refractivity contribution in [1.82, 2.24) is 9.80 Å². The van der Waals surface area contributed by atoms with Crippen molar-refractivity contribution in [3.63, 3.8) is 0 Å². The Hall–Kier alpha value is -0.800. The maximum atomic E-state index is 12.5. The van der Waals surface area contributed by atoms with E-state index in [-0.39, 0.29) is 24.2 Å². The SMILES string of the molecule is CC1=CC(C)C(=O)N(CC(C)N2CCCC2)C(C)=C1.Cl. The maximum absolute atomic E-state index is 12.5. The fourth-order valence-electron chi connectivity index (χ4n) is 3.14. The van der Waals surface area contributed by atoms with Crippen molar-refractivity contribution in [3.8, 4) is 0 Å². The van der Waals surface area contributed by atoms with E-state index in [2.05, 4.69) is 30.9 Å². The summed E-state index contributed by atoms with van der Waals surface area (Å²) in [4.78, 5) is 16.9. The first-order valence-corrected chi connectivity index (χ1v) is 7.41. The van der Waals surface area contributed by atoms with Crippen LogP contribution in [0, 0.1) is 5.92 Å². The van der Waals surface area contributed by atoms with Crippen molar-refractivity contribution in [3.05, 3.63) is 23.4 Å². The van der Waals surface area contributed by atoms with Crippen LogP contribution in [-0.4, -0.2) is 41.4 Å². The van der Waals surface area contributed by atoms with Crippen LogP contribution in [0.2, 0.25) is 0 Å². The number of carbonyl (C=O) groups excluding carboxylic acids is 1. The van der Waals surface area contributed by atoms with Gasteiger partial charge in [-0.2, -0.15) is 0 Å². The monoisotopic (exact) mass is 298 g/mol. The molecular weight excluding hydrogens is 272 g/mol. The van der Waals surface area contributed by atoms with E-state index < -0.39 is 0 Å². The standard InChI is InChI=1S/C16H26N2O.ClH/c1-12-9-13(2)16(19)18(14(3)10-12)11-15(4)17-7-5-6-8-17;/h9-10,13,15H,5-8,11H2,1-4H3;1H. The Morgan fingerprint density at radius 2 is 1.90 bits per heavy atom. The average molecular weight is 299 g/mol. The van der Waals surface area contributed by atoms with Crippen molar-refractivity contribution in [1.29, 1.82) is 0 Å². The van der Waals surface area contributed by atoms with Gasteiger partial charge in [-0.05, 0) is 52.8 Å². The second-order valence-electron chi connectivity index (χ2n) is 6.03. The third-order valence-corrected chi connectivity index (χ3v) is 4.24. The Balaban J connectivity index is 0.00000200. The highest BCUT2D eigenvalue weighted by atomic mass is 35.5. The zero-order chi connectivity index (χ0) is 14.0. The molecule has 2 rings (SSSR count). The first kappa shape index (κ1) is 17.3. The summed E-state index contributed by atoms with van der Waals surface area (Å²) in [5.74, 6) is 0.219. The lowest BCUT2D eigenvalue weighted by Crippen LogP contribution is -2.43. The second kappa shape index (κ2) is 7.28. The molecule has 0 bridgehead atoms. The van der Waals surface area contributed by atoms with Gasteiger partial charge in [0.2, 0.25) is 5.91 Å². The van der Waals surface area contributed by atoms with Gasteiger partial charge in [0.15, 0.2) is 0 Å². The Bertz CT molecular complexity index is 411. The molecule has 0 N–H and O–H groups in total. The molecule has 2 heterocycles.